The summed E-state index contributed by atoms with van der Waals surface area (Å²) in [6, 6.07) is 12.8. The van der Waals surface area contributed by atoms with Gasteiger partial charge in [-0.2, -0.15) is 0 Å². The zero-order chi connectivity index (χ0) is 29.8. The molecule has 0 radical (unpaired) electrons. The molecule has 0 saturated heterocycles. The number of hydrogen-bond acceptors (Lipinski definition) is 11. The topological polar surface area (TPSA) is 153 Å². The fourth-order valence-electron chi connectivity index (χ4n) is 4.22. The fraction of sp³-hybridized carbons (Fsp3) is 0.207. The van der Waals surface area contributed by atoms with E-state index in [1.807, 2.05) is 0 Å². The fourth-order valence-corrected chi connectivity index (χ4v) is 4.22. The van der Waals surface area contributed by atoms with Crippen LogP contribution >= 0.6 is 0 Å². The minimum Gasteiger partial charge on any atom is -0.497 e. The van der Waals surface area contributed by atoms with E-state index in [4.69, 9.17) is 28.1 Å². The van der Waals surface area contributed by atoms with Crippen LogP contribution in [0.15, 0.2) is 63.9 Å². The molecule has 3 aromatic carbocycles. The number of benzene rings is 3. The number of esters is 1. The molecule has 0 bridgehead atoms. The second kappa shape index (κ2) is 11.9. The number of ether oxygens (including phenoxy) is 5. The molecule has 2 aromatic heterocycles. The van der Waals surface area contributed by atoms with Crippen molar-refractivity contribution in [2.45, 2.75) is 20.1 Å². The molecule has 216 valence electrons. The van der Waals surface area contributed by atoms with Crippen LogP contribution in [0.5, 0.6) is 28.7 Å². The van der Waals surface area contributed by atoms with Gasteiger partial charge in [-0.15, -0.1) is 5.10 Å². The van der Waals surface area contributed by atoms with E-state index in [1.165, 1.54) is 45.1 Å². The molecule has 2 heterocycles. The first-order chi connectivity index (χ1) is 20.3. The lowest BCUT2D eigenvalue weighted by atomic mass is 10.1. The van der Waals surface area contributed by atoms with E-state index in [9.17, 15) is 14.4 Å². The lowest BCUT2D eigenvalue weighted by Gasteiger charge is -2.11. The van der Waals surface area contributed by atoms with Crippen LogP contribution in [0, 0.1) is 0 Å². The third-order valence-corrected chi connectivity index (χ3v) is 6.13. The number of nitrogens with one attached hydrogen (secondary N) is 1. The van der Waals surface area contributed by atoms with E-state index in [0.29, 0.717) is 39.6 Å². The molecule has 0 fully saturated rings. The third kappa shape index (κ3) is 5.94. The second-order valence-electron chi connectivity index (χ2n) is 8.99. The van der Waals surface area contributed by atoms with E-state index in [1.54, 1.807) is 42.6 Å². The van der Waals surface area contributed by atoms with Gasteiger partial charge < -0.3 is 33.4 Å². The number of anilines is 1. The van der Waals surface area contributed by atoms with E-state index in [2.05, 4.69) is 15.6 Å². The maximum absolute atomic E-state index is 13.3. The SMILES string of the molecule is COc1ccc(NC(=O)Cn2cc(COc3cc(OC(C)=O)c4c(=O)c5ccc(OC)cc5oc4c3)nn2)c(OC)c1. The van der Waals surface area contributed by atoms with E-state index < -0.39 is 5.97 Å². The van der Waals surface area contributed by atoms with Gasteiger partial charge in [-0.05, 0) is 24.3 Å². The Labute approximate surface area is 238 Å². The third-order valence-electron chi connectivity index (χ3n) is 6.13. The highest BCUT2D eigenvalue weighted by Gasteiger charge is 2.18. The number of fused-ring (bicyclic) bond motifs is 2. The lowest BCUT2D eigenvalue weighted by Crippen LogP contribution is -2.19. The molecule has 0 aliphatic heterocycles. The highest BCUT2D eigenvalue weighted by Crippen LogP contribution is 2.33. The predicted octanol–water partition coefficient (Wildman–Crippen LogP) is 3.71. The number of aromatic nitrogens is 3. The standard InChI is InChI=1S/C29H26N4O9/c1-16(34)41-25-11-20(12-26-28(25)29(36)21-7-5-18(37-2)9-23(21)42-26)40-15-17-13-33(32-31-17)14-27(35)30-22-8-6-19(38-3)10-24(22)39-4/h5-13H,14-15H2,1-4H3,(H,30,35). The monoisotopic (exact) mass is 574 g/mol. The summed E-state index contributed by atoms with van der Waals surface area (Å²) in [6.45, 7) is 1.08. The van der Waals surface area contributed by atoms with Crippen molar-refractivity contribution in [3.63, 3.8) is 0 Å². The van der Waals surface area contributed by atoms with Gasteiger partial charge in [-0.1, -0.05) is 5.21 Å². The Kier molecular flexibility index (Phi) is 7.91. The van der Waals surface area contributed by atoms with Crippen LogP contribution in [0.1, 0.15) is 12.6 Å². The Bertz CT molecular complexity index is 1860. The Morgan fingerprint density at radius 1 is 0.905 bits per heavy atom. The van der Waals surface area contributed by atoms with Crippen molar-refractivity contribution in [3.8, 4) is 28.7 Å². The quantitative estimate of drug-likeness (QED) is 0.148. The maximum Gasteiger partial charge on any atom is 0.308 e. The summed E-state index contributed by atoms with van der Waals surface area (Å²) in [7, 11) is 4.53. The number of amides is 1. The molecule has 0 atom stereocenters. The van der Waals surface area contributed by atoms with Gasteiger partial charge in [-0.3, -0.25) is 14.4 Å². The van der Waals surface area contributed by atoms with Gasteiger partial charge in [0.25, 0.3) is 0 Å². The van der Waals surface area contributed by atoms with Gasteiger partial charge in [-0.25, -0.2) is 4.68 Å². The molecule has 42 heavy (non-hydrogen) atoms. The van der Waals surface area contributed by atoms with Gasteiger partial charge in [0.05, 0.1) is 38.6 Å². The summed E-state index contributed by atoms with van der Waals surface area (Å²) in [5, 5.41) is 11.2. The molecule has 0 aliphatic carbocycles. The first-order valence-electron chi connectivity index (χ1n) is 12.6. The predicted molar refractivity (Wildman–Crippen MR) is 150 cm³/mol. The zero-order valence-electron chi connectivity index (χ0n) is 23.1. The molecule has 13 heteroatoms. The van der Waals surface area contributed by atoms with Crippen LogP contribution in [0.3, 0.4) is 0 Å². The Morgan fingerprint density at radius 2 is 1.62 bits per heavy atom. The van der Waals surface area contributed by atoms with Crippen LogP contribution < -0.4 is 34.4 Å². The normalized spacial score (nSPS) is 10.9. The number of carbonyl (C=O) groups is 2. The molecule has 1 amide bonds. The second-order valence-corrected chi connectivity index (χ2v) is 8.99. The summed E-state index contributed by atoms with van der Waals surface area (Å²) < 4.78 is 34.2. The summed E-state index contributed by atoms with van der Waals surface area (Å²) in [4.78, 5) is 37.7. The molecule has 0 saturated carbocycles. The summed E-state index contributed by atoms with van der Waals surface area (Å²) in [5.74, 6) is 0.831. The summed E-state index contributed by atoms with van der Waals surface area (Å²) in [5.41, 5.74) is 0.980. The molecule has 0 aliphatic rings. The molecule has 5 aromatic rings. The average Bonchev–Trinajstić information content (AvgIpc) is 3.42. The zero-order valence-corrected chi connectivity index (χ0v) is 23.1. The largest absolute Gasteiger partial charge is 0.497 e. The number of methoxy groups -OCH3 is 3. The maximum atomic E-state index is 13.3. The van der Waals surface area contributed by atoms with Crippen LogP contribution in [0.2, 0.25) is 0 Å². The minimum absolute atomic E-state index is 0.00393. The van der Waals surface area contributed by atoms with Crippen molar-refractivity contribution in [2.75, 3.05) is 26.6 Å². The number of hydrogen-bond donors (Lipinski definition) is 1. The van der Waals surface area contributed by atoms with Gasteiger partial charge in [0, 0.05) is 31.2 Å². The van der Waals surface area contributed by atoms with Gasteiger partial charge in [0.1, 0.15) is 64.1 Å². The van der Waals surface area contributed by atoms with Crippen molar-refractivity contribution in [2.24, 2.45) is 0 Å². The van der Waals surface area contributed by atoms with E-state index >= 15 is 0 Å². The molecular formula is C29H26N4O9. The molecular weight excluding hydrogens is 548 g/mol. The van der Waals surface area contributed by atoms with E-state index in [0.717, 1.165) is 0 Å². The van der Waals surface area contributed by atoms with Crippen LogP contribution in [0.25, 0.3) is 21.9 Å². The summed E-state index contributed by atoms with van der Waals surface area (Å²) in [6.07, 6.45) is 1.55. The highest BCUT2D eigenvalue weighted by atomic mass is 16.5. The van der Waals surface area contributed by atoms with Gasteiger partial charge >= 0.3 is 5.97 Å². The molecule has 1 N–H and O–H groups in total. The molecule has 0 spiro atoms. The van der Waals surface area contributed by atoms with Gasteiger partial charge in [0.15, 0.2) is 0 Å². The van der Waals surface area contributed by atoms with Gasteiger partial charge in [0.2, 0.25) is 11.3 Å². The molecule has 5 rings (SSSR count). The summed E-state index contributed by atoms with van der Waals surface area (Å²) >= 11 is 0. The lowest BCUT2D eigenvalue weighted by molar-refractivity contribution is -0.131. The Hall–Kier alpha value is -5.59. The Balaban J connectivity index is 1.33. The highest BCUT2D eigenvalue weighted by molar-refractivity contribution is 5.95. The number of nitrogens with zero attached hydrogens (tertiary/aromatic N) is 3. The first kappa shape index (κ1) is 28.0. The molecule has 0 unspecified atom stereocenters. The van der Waals surface area contributed by atoms with Crippen molar-refractivity contribution in [1.29, 1.82) is 0 Å². The van der Waals surface area contributed by atoms with Crippen molar-refractivity contribution in [1.82, 2.24) is 15.0 Å². The van der Waals surface area contributed by atoms with Crippen LogP contribution in [-0.4, -0.2) is 48.2 Å². The van der Waals surface area contributed by atoms with E-state index in [-0.39, 0.29) is 47.0 Å². The number of carbonyl (C=O) groups excluding carboxylic acids is 2. The van der Waals surface area contributed by atoms with Crippen molar-refractivity contribution < 1.29 is 37.7 Å². The average molecular weight is 575 g/mol. The molecule has 13 nitrogen and oxygen atoms in total. The van der Waals surface area contributed by atoms with Crippen LogP contribution in [0.4, 0.5) is 5.69 Å². The van der Waals surface area contributed by atoms with Crippen LogP contribution in [-0.2, 0) is 22.7 Å². The van der Waals surface area contributed by atoms with Crippen molar-refractivity contribution >= 4 is 39.5 Å². The Morgan fingerprint density at radius 3 is 2.36 bits per heavy atom. The smallest absolute Gasteiger partial charge is 0.308 e. The first-order valence-corrected chi connectivity index (χ1v) is 12.6. The van der Waals surface area contributed by atoms with Crippen molar-refractivity contribution in [3.05, 3.63) is 70.6 Å². The number of rotatable bonds is 10. The minimum atomic E-state index is -0.615.